The smallest absolute Gasteiger partial charge is 0.309 e. The molecule has 0 saturated carbocycles. The highest BCUT2D eigenvalue weighted by Crippen LogP contribution is 2.20. The highest BCUT2D eigenvalue weighted by molar-refractivity contribution is 5.72. The van der Waals surface area contributed by atoms with Crippen molar-refractivity contribution in [1.82, 2.24) is 0 Å². The molecule has 17 heavy (non-hydrogen) atoms. The fourth-order valence-corrected chi connectivity index (χ4v) is 1.73. The molecule has 4 heteroatoms. The van der Waals surface area contributed by atoms with Crippen molar-refractivity contribution in [1.29, 1.82) is 0 Å². The maximum atomic E-state index is 11.9. The normalized spacial score (nSPS) is 14.4. The second-order valence-corrected chi connectivity index (χ2v) is 4.44. The number of ether oxygens (including phenoxy) is 2. The van der Waals surface area contributed by atoms with Gasteiger partial charge in [0.1, 0.15) is 0 Å². The molecule has 2 unspecified atom stereocenters. The molecule has 0 heterocycles. The zero-order chi connectivity index (χ0) is 13.1. The minimum atomic E-state index is -0.0952. The molecule has 0 saturated heterocycles. The molecule has 2 N–H and O–H groups in total. The molecule has 0 spiro atoms. The van der Waals surface area contributed by atoms with Crippen molar-refractivity contribution in [2.45, 2.75) is 39.5 Å². The van der Waals surface area contributed by atoms with Crippen molar-refractivity contribution in [2.24, 2.45) is 17.6 Å². The maximum Gasteiger partial charge on any atom is 0.309 e. The van der Waals surface area contributed by atoms with E-state index in [9.17, 15) is 4.79 Å². The molecule has 0 aromatic rings. The first-order valence-electron chi connectivity index (χ1n) is 6.53. The van der Waals surface area contributed by atoms with E-state index in [0.717, 1.165) is 25.9 Å². The van der Waals surface area contributed by atoms with E-state index in [0.29, 0.717) is 25.5 Å². The summed E-state index contributed by atoms with van der Waals surface area (Å²) in [6.07, 6.45) is 3.47. The van der Waals surface area contributed by atoms with Gasteiger partial charge in [0.05, 0.1) is 12.5 Å². The van der Waals surface area contributed by atoms with Crippen molar-refractivity contribution >= 4 is 5.97 Å². The summed E-state index contributed by atoms with van der Waals surface area (Å²) in [5.74, 6) is 0.194. The van der Waals surface area contributed by atoms with Crippen LogP contribution in [0.5, 0.6) is 0 Å². The molecule has 0 aliphatic carbocycles. The number of carbonyl (C=O) groups is 1. The van der Waals surface area contributed by atoms with Crippen LogP contribution >= 0.6 is 0 Å². The Morgan fingerprint density at radius 2 is 1.94 bits per heavy atom. The van der Waals surface area contributed by atoms with E-state index in [-0.39, 0.29) is 11.9 Å². The van der Waals surface area contributed by atoms with Gasteiger partial charge < -0.3 is 15.2 Å². The molecule has 2 atom stereocenters. The molecule has 0 radical (unpaired) electrons. The molecule has 0 aliphatic rings. The monoisotopic (exact) mass is 245 g/mol. The highest BCUT2D eigenvalue weighted by atomic mass is 16.5. The van der Waals surface area contributed by atoms with Crippen LogP contribution in [0.2, 0.25) is 0 Å². The number of hydrogen-bond donors (Lipinski definition) is 1. The number of unbranched alkanes of at least 4 members (excludes halogenated alkanes) is 1. The van der Waals surface area contributed by atoms with Crippen LogP contribution in [-0.2, 0) is 14.3 Å². The van der Waals surface area contributed by atoms with E-state index < -0.39 is 0 Å². The van der Waals surface area contributed by atoms with Crippen LogP contribution < -0.4 is 5.73 Å². The Balaban J connectivity index is 3.89. The lowest BCUT2D eigenvalue weighted by Gasteiger charge is -2.20. The van der Waals surface area contributed by atoms with E-state index in [4.69, 9.17) is 15.2 Å². The van der Waals surface area contributed by atoms with Crippen LogP contribution in [0, 0.1) is 11.8 Å². The predicted molar refractivity (Wildman–Crippen MR) is 68.7 cm³/mol. The second kappa shape index (κ2) is 10.5. The maximum absolute atomic E-state index is 11.9. The first-order valence-corrected chi connectivity index (χ1v) is 6.53. The average Bonchev–Trinajstić information content (AvgIpc) is 2.34. The summed E-state index contributed by atoms with van der Waals surface area (Å²) in [4.78, 5) is 11.9. The Labute approximate surface area is 105 Å². The second-order valence-electron chi connectivity index (χ2n) is 4.44. The lowest BCUT2D eigenvalue weighted by atomic mass is 9.89. The SMILES string of the molecule is CCC(C)C(CCN)C(=O)OCCCCOC. The van der Waals surface area contributed by atoms with Gasteiger partial charge in [-0.2, -0.15) is 0 Å². The summed E-state index contributed by atoms with van der Waals surface area (Å²) in [6, 6.07) is 0. The third-order valence-electron chi connectivity index (χ3n) is 3.10. The van der Waals surface area contributed by atoms with Gasteiger partial charge >= 0.3 is 5.97 Å². The van der Waals surface area contributed by atoms with Crippen LogP contribution in [0.1, 0.15) is 39.5 Å². The first kappa shape index (κ1) is 16.4. The number of rotatable bonds is 10. The van der Waals surface area contributed by atoms with Gasteiger partial charge in [-0.15, -0.1) is 0 Å². The quantitative estimate of drug-likeness (QED) is 0.472. The summed E-state index contributed by atoms with van der Waals surface area (Å²) < 4.78 is 10.2. The minimum absolute atomic E-state index is 0.0487. The van der Waals surface area contributed by atoms with Crippen LogP contribution in [0.25, 0.3) is 0 Å². The van der Waals surface area contributed by atoms with Gasteiger partial charge in [-0.1, -0.05) is 20.3 Å². The Hall–Kier alpha value is -0.610. The molecule has 0 fully saturated rings. The largest absolute Gasteiger partial charge is 0.465 e. The molecule has 0 aromatic heterocycles. The molecular formula is C13H27NO3. The number of esters is 1. The Kier molecular flexibility index (Phi) is 10.2. The third kappa shape index (κ3) is 7.34. The van der Waals surface area contributed by atoms with Gasteiger partial charge in [0.15, 0.2) is 0 Å². The summed E-state index contributed by atoms with van der Waals surface area (Å²) in [5, 5.41) is 0. The topological polar surface area (TPSA) is 61.6 Å². The van der Waals surface area contributed by atoms with Gasteiger partial charge in [0.2, 0.25) is 0 Å². The van der Waals surface area contributed by atoms with E-state index in [1.165, 1.54) is 0 Å². The van der Waals surface area contributed by atoms with Gasteiger partial charge in [0.25, 0.3) is 0 Å². The van der Waals surface area contributed by atoms with Crippen molar-refractivity contribution in [3.05, 3.63) is 0 Å². The van der Waals surface area contributed by atoms with Crippen LogP contribution in [0.4, 0.5) is 0 Å². The average molecular weight is 245 g/mol. The molecular weight excluding hydrogens is 218 g/mol. The number of nitrogens with two attached hydrogens (primary N) is 1. The molecule has 0 aliphatic heterocycles. The van der Waals surface area contributed by atoms with E-state index in [1.807, 2.05) is 0 Å². The Morgan fingerprint density at radius 3 is 2.47 bits per heavy atom. The van der Waals surface area contributed by atoms with E-state index in [1.54, 1.807) is 7.11 Å². The zero-order valence-electron chi connectivity index (χ0n) is 11.4. The summed E-state index contributed by atoms with van der Waals surface area (Å²) in [6.45, 7) is 5.90. The molecule has 0 bridgehead atoms. The van der Waals surface area contributed by atoms with Crippen molar-refractivity contribution in [3.8, 4) is 0 Å². The lowest BCUT2D eigenvalue weighted by Crippen LogP contribution is -2.27. The predicted octanol–water partition coefficient (Wildman–Crippen LogP) is 1.97. The summed E-state index contributed by atoms with van der Waals surface area (Å²) in [5.41, 5.74) is 5.53. The minimum Gasteiger partial charge on any atom is -0.465 e. The fraction of sp³-hybridized carbons (Fsp3) is 0.923. The molecule has 0 aromatic carbocycles. The fourth-order valence-electron chi connectivity index (χ4n) is 1.73. The highest BCUT2D eigenvalue weighted by Gasteiger charge is 2.24. The van der Waals surface area contributed by atoms with Crippen LogP contribution in [0.3, 0.4) is 0 Å². The molecule has 102 valence electrons. The van der Waals surface area contributed by atoms with Gasteiger partial charge in [-0.05, 0) is 31.7 Å². The van der Waals surface area contributed by atoms with Gasteiger partial charge in [-0.3, -0.25) is 4.79 Å². The van der Waals surface area contributed by atoms with E-state index in [2.05, 4.69) is 13.8 Å². The third-order valence-corrected chi connectivity index (χ3v) is 3.10. The zero-order valence-corrected chi connectivity index (χ0v) is 11.4. The standard InChI is InChI=1S/C13H27NO3/c1-4-11(2)12(7-8-14)13(15)17-10-6-5-9-16-3/h11-12H,4-10,14H2,1-3H3. The molecule has 0 rings (SSSR count). The molecule has 4 nitrogen and oxygen atoms in total. The summed E-state index contributed by atoms with van der Waals surface area (Å²) in [7, 11) is 1.67. The Bertz CT molecular complexity index is 197. The summed E-state index contributed by atoms with van der Waals surface area (Å²) >= 11 is 0. The Morgan fingerprint density at radius 1 is 1.29 bits per heavy atom. The van der Waals surface area contributed by atoms with E-state index >= 15 is 0 Å². The van der Waals surface area contributed by atoms with Crippen molar-refractivity contribution in [2.75, 3.05) is 26.9 Å². The van der Waals surface area contributed by atoms with Crippen molar-refractivity contribution in [3.63, 3.8) is 0 Å². The number of carbonyl (C=O) groups excluding carboxylic acids is 1. The van der Waals surface area contributed by atoms with Crippen LogP contribution in [-0.4, -0.2) is 32.8 Å². The number of methoxy groups -OCH3 is 1. The van der Waals surface area contributed by atoms with Crippen LogP contribution in [0.15, 0.2) is 0 Å². The first-order chi connectivity index (χ1) is 8.17. The van der Waals surface area contributed by atoms with Gasteiger partial charge in [-0.25, -0.2) is 0 Å². The lowest BCUT2D eigenvalue weighted by molar-refractivity contribution is -0.150. The van der Waals surface area contributed by atoms with Crippen molar-refractivity contribution < 1.29 is 14.3 Å². The van der Waals surface area contributed by atoms with Gasteiger partial charge in [0, 0.05) is 13.7 Å². The molecule has 0 amide bonds. The number of hydrogen-bond acceptors (Lipinski definition) is 4.